The summed E-state index contributed by atoms with van der Waals surface area (Å²) in [5, 5.41) is 7.46. The van der Waals surface area contributed by atoms with Crippen LogP contribution in [0, 0.1) is 6.92 Å². The summed E-state index contributed by atoms with van der Waals surface area (Å²) in [6, 6.07) is 13.9. The fraction of sp³-hybridized carbons (Fsp3) is 0.273. The van der Waals surface area contributed by atoms with Crippen LogP contribution < -0.4 is 5.32 Å². The Hall–Kier alpha value is -3.19. The Bertz CT molecular complexity index is 1050. The molecule has 0 radical (unpaired) electrons. The van der Waals surface area contributed by atoms with E-state index >= 15 is 0 Å². The van der Waals surface area contributed by atoms with Crippen LogP contribution in [0.5, 0.6) is 0 Å². The third-order valence-electron chi connectivity index (χ3n) is 5.11. The van der Waals surface area contributed by atoms with E-state index in [2.05, 4.69) is 15.5 Å². The van der Waals surface area contributed by atoms with Crippen molar-refractivity contribution in [2.24, 2.45) is 0 Å². The third kappa shape index (κ3) is 4.36. The summed E-state index contributed by atoms with van der Waals surface area (Å²) in [4.78, 5) is 31.6. The molecule has 2 amide bonds. The highest BCUT2D eigenvalue weighted by molar-refractivity contribution is 6.30. The lowest BCUT2D eigenvalue weighted by Crippen LogP contribution is -2.45. The maximum atomic E-state index is 13.0. The topological polar surface area (TPSA) is 88.3 Å². The normalized spacial score (nSPS) is 15.9. The van der Waals surface area contributed by atoms with Gasteiger partial charge >= 0.3 is 0 Å². The maximum absolute atomic E-state index is 13.0. The number of halogens is 1. The second kappa shape index (κ2) is 8.67. The van der Waals surface area contributed by atoms with Gasteiger partial charge in [0, 0.05) is 36.2 Å². The smallest absolute Gasteiger partial charge is 0.254 e. The lowest BCUT2D eigenvalue weighted by molar-refractivity contribution is -0.125. The van der Waals surface area contributed by atoms with Crippen LogP contribution in [0.1, 0.15) is 34.7 Å². The van der Waals surface area contributed by atoms with Crippen molar-refractivity contribution in [1.82, 2.24) is 20.4 Å². The Morgan fingerprint density at radius 2 is 1.90 bits per heavy atom. The first-order valence-electron chi connectivity index (χ1n) is 9.75. The zero-order valence-electron chi connectivity index (χ0n) is 16.5. The van der Waals surface area contributed by atoms with Crippen LogP contribution >= 0.6 is 11.6 Å². The van der Waals surface area contributed by atoms with Crippen molar-refractivity contribution >= 4 is 23.4 Å². The summed E-state index contributed by atoms with van der Waals surface area (Å²) >= 11 is 5.89. The Labute approximate surface area is 179 Å². The minimum absolute atomic E-state index is 0.144. The first-order valence-corrected chi connectivity index (χ1v) is 10.1. The minimum atomic E-state index is -0.468. The van der Waals surface area contributed by atoms with Gasteiger partial charge in [-0.15, -0.1) is 0 Å². The molecule has 30 heavy (non-hydrogen) atoms. The summed E-state index contributed by atoms with van der Waals surface area (Å²) in [6.45, 7) is 2.68. The van der Waals surface area contributed by atoms with Gasteiger partial charge in [-0.05, 0) is 42.7 Å². The van der Waals surface area contributed by atoms with Crippen LogP contribution in [0.25, 0.3) is 11.4 Å². The summed E-state index contributed by atoms with van der Waals surface area (Å²) in [5.41, 5.74) is 2.24. The second-order valence-corrected chi connectivity index (χ2v) is 7.65. The van der Waals surface area contributed by atoms with E-state index < -0.39 is 6.04 Å². The van der Waals surface area contributed by atoms with Crippen LogP contribution in [0.4, 0.5) is 0 Å². The molecule has 4 rings (SSSR count). The van der Waals surface area contributed by atoms with Crippen molar-refractivity contribution in [2.75, 3.05) is 6.54 Å². The van der Waals surface area contributed by atoms with E-state index in [1.807, 2.05) is 12.1 Å². The van der Waals surface area contributed by atoms with Crippen molar-refractivity contribution in [3.63, 3.8) is 0 Å². The minimum Gasteiger partial charge on any atom is -0.350 e. The Balaban J connectivity index is 1.41. The van der Waals surface area contributed by atoms with E-state index in [1.54, 1.807) is 48.2 Å². The van der Waals surface area contributed by atoms with Crippen LogP contribution in [0.2, 0.25) is 5.02 Å². The number of nitrogens with zero attached hydrogens (tertiary/aromatic N) is 3. The fourth-order valence-corrected chi connectivity index (χ4v) is 3.66. The van der Waals surface area contributed by atoms with Crippen molar-refractivity contribution in [3.05, 3.63) is 70.6 Å². The van der Waals surface area contributed by atoms with Crippen LogP contribution in [-0.4, -0.2) is 39.4 Å². The van der Waals surface area contributed by atoms with Gasteiger partial charge in [-0.1, -0.05) is 41.0 Å². The Morgan fingerprint density at radius 1 is 1.17 bits per heavy atom. The first-order chi connectivity index (χ1) is 14.5. The molecule has 154 valence electrons. The van der Waals surface area contributed by atoms with Gasteiger partial charge < -0.3 is 14.7 Å². The summed E-state index contributed by atoms with van der Waals surface area (Å²) < 4.78 is 4.99. The standard InChI is InChI=1S/C22H21ClN4O3/c1-14-25-20(26-30-14)16-6-8-17(9-7-16)22(29)27-12-2-3-19(27)21(28)24-13-15-4-10-18(23)11-5-15/h4-11,19H,2-3,12-13H2,1H3,(H,24,28)/t19-/m1/s1. The van der Waals surface area contributed by atoms with Gasteiger partial charge in [-0.3, -0.25) is 9.59 Å². The quantitative estimate of drug-likeness (QED) is 0.675. The summed E-state index contributed by atoms with van der Waals surface area (Å²) in [5.74, 6) is 0.659. The van der Waals surface area contributed by atoms with Gasteiger partial charge in [0.1, 0.15) is 6.04 Å². The van der Waals surface area contributed by atoms with Gasteiger partial charge in [-0.2, -0.15) is 4.98 Å². The molecular formula is C22H21ClN4O3. The molecule has 0 spiro atoms. The maximum Gasteiger partial charge on any atom is 0.254 e. The second-order valence-electron chi connectivity index (χ2n) is 7.22. The zero-order valence-corrected chi connectivity index (χ0v) is 17.2. The highest BCUT2D eigenvalue weighted by atomic mass is 35.5. The van der Waals surface area contributed by atoms with Crippen molar-refractivity contribution in [1.29, 1.82) is 0 Å². The Morgan fingerprint density at radius 3 is 2.57 bits per heavy atom. The van der Waals surface area contributed by atoms with E-state index in [1.165, 1.54) is 0 Å². The number of hydrogen-bond donors (Lipinski definition) is 1. The number of carbonyl (C=O) groups is 2. The van der Waals surface area contributed by atoms with E-state index in [9.17, 15) is 9.59 Å². The highest BCUT2D eigenvalue weighted by Gasteiger charge is 2.34. The summed E-state index contributed by atoms with van der Waals surface area (Å²) in [7, 11) is 0. The predicted molar refractivity (Wildman–Crippen MR) is 112 cm³/mol. The van der Waals surface area contributed by atoms with Gasteiger partial charge in [-0.25, -0.2) is 0 Å². The fourth-order valence-electron chi connectivity index (χ4n) is 3.54. The SMILES string of the molecule is Cc1nc(-c2ccc(C(=O)N3CCC[C@@H]3C(=O)NCc3ccc(Cl)cc3)cc2)no1. The van der Waals surface area contributed by atoms with Crippen molar-refractivity contribution < 1.29 is 14.1 Å². The van der Waals surface area contributed by atoms with E-state index in [4.69, 9.17) is 16.1 Å². The average molecular weight is 425 g/mol. The van der Waals surface area contributed by atoms with E-state index in [0.29, 0.717) is 41.8 Å². The van der Waals surface area contributed by atoms with Gasteiger partial charge in [0.15, 0.2) is 0 Å². The van der Waals surface area contributed by atoms with Crippen LogP contribution in [0.3, 0.4) is 0 Å². The van der Waals surface area contributed by atoms with E-state index in [-0.39, 0.29) is 11.8 Å². The predicted octanol–water partition coefficient (Wildman–Crippen LogP) is 3.62. The van der Waals surface area contributed by atoms with Gasteiger partial charge in [0.2, 0.25) is 17.6 Å². The molecule has 1 fully saturated rings. The molecule has 0 aliphatic carbocycles. The first kappa shape index (κ1) is 20.1. The molecule has 1 N–H and O–H groups in total. The number of amides is 2. The lowest BCUT2D eigenvalue weighted by atomic mass is 10.1. The van der Waals surface area contributed by atoms with Crippen molar-refractivity contribution in [3.8, 4) is 11.4 Å². The number of benzene rings is 2. The third-order valence-corrected chi connectivity index (χ3v) is 5.37. The molecule has 0 saturated carbocycles. The van der Waals surface area contributed by atoms with Crippen molar-refractivity contribution in [2.45, 2.75) is 32.4 Å². The number of hydrogen-bond acceptors (Lipinski definition) is 5. The molecule has 8 heteroatoms. The molecule has 7 nitrogen and oxygen atoms in total. The van der Waals surface area contributed by atoms with Gasteiger partial charge in [0.05, 0.1) is 0 Å². The average Bonchev–Trinajstić information content (AvgIpc) is 3.42. The molecule has 1 aliphatic rings. The molecule has 1 saturated heterocycles. The molecule has 1 aliphatic heterocycles. The molecule has 2 heterocycles. The Kier molecular flexibility index (Phi) is 5.81. The number of carbonyl (C=O) groups excluding carboxylic acids is 2. The number of nitrogens with one attached hydrogen (secondary N) is 1. The van der Waals surface area contributed by atoms with E-state index in [0.717, 1.165) is 17.5 Å². The zero-order chi connectivity index (χ0) is 21.1. The number of rotatable bonds is 5. The number of aryl methyl sites for hydroxylation is 1. The molecular weight excluding hydrogens is 404 g/mol. The molecule has 1 atom stereocenters. The molecule has 1 aromatic heterocycles. The van der Waals surface area contributed by atoms with Gasteiger partial charge in [0.25, 0.3) is 5.91 Å². The number of likely N-dealkylation sites (tertiary alicyclic amines) is 1. The number of aromatic nitrogens is 2. The van der Waals surface area contributed by atoms with Crippen LogP contribution in [0.15, 0.2) is 53.1 Å². The molecule has 0 bridgehead atoms. The summed E-state index contributed by atoms with van der Waals surface area (Å²) in [6.07, 6.45) is 1.45. The molecule has 2 aromatic carbocycles. The molecule has 0 unspecified atom stereocenters. The monoisotopic (exact) mass is 424 g/mol. The largest absolute Gasteiger partial charge is 0.350 e. The van der Waals surface area contributed by atoms with Crippen LogP contribution in [-0.2, 0) is 11.3 Å². The highest BCUT2D eigenvalue weighted by Crippen LogP contribution is 2.22. The molecule has 3 aromatic rings. The lowest BCUT2D eigenvalue weighted by Gasteiger charge is -2.24.